The Hall–Kier alpha value is -3.22. The summed E-state index contributed by atoms with van der Waals surface area (Å²) in [4.78, 5) is 0. The normalized spacial score (nSPS) is 8.76. The van der Waals surface area contributed by atoms with Crippen molar-refractivity contribution < 1.29 is 58.4 Å². The summed E-state index contributed by atoms with van der Waals surface area (Å²) in [7, 11) is 0. The summed E-state index contributed by atoms with van der Waals surface area (Å²) >= 11 is 2.92. The number of ether oxygens (including phenoxy) is 3. The van der Waals surface area contributed by atoms with Crippen molar-refractivity contribution in [2.75, 3.05) is 20.0 Å². The van der Waals surface area contributed by atoms with E-state index in [2.05, 4.69) is 60.9 Å². The van der Waals surface area contributed by atoms with Crippen molar-refractivity contribution in [3.05, 3.63) is 98.0 Å². The zero-order chi connectivity index (χ0) is 30.4. The number of benzene rings is 2. The summed E-state index contributed by atoms with van der Waals surface area (Å²) in [5, 5.41) is 9.62. The first-order chi connectivity index (χ1) is 18.5. The number of aryl methyl sites for hydroxylation is 2. The average Bonchev–Trinajstić information content (AvgIpc) is 2.96. The zero-order valence-electron chi connectivity index (χ0n) is 21.1. The second kappa shape index (κ2) is 31.8. The van der Waals surface area contributed by atoms with E-state index in [4.69, 9.17) is 37.5 Å². The molecule has 2 rings (SSSR count). The van der Waals surface area contributed by atoms with Crippen molar-refractivity contribution in [1.29, 1.82) is 0 Å². The van der Waals surface area contributed by atoms with Crippen molar-refractivity contribution in [1.82, 2.24) is 0 Å². The van der Waals surface area contributed by atoms with E-state index >= 15 is 0 Å². The van der Waals surface area contributed by atoms with Crippen molar-refractivity contribution in [3.8, 4) is 17.6 Å². The van der Waals surface area contributed by atoms with Gasteiger partial charge in [0.1, 0.15) is 0 Å². The van der Waals surface area contributed by atoms with Crippen LogP contribution in [0.2, 0.25) is 0 Å². The van der Waals surface area contributed by atoms with Gasteiger partial charge < -0.3 is 0 Å². The van der Waals surface area contributed by atoms with Gasteiger partial charge in [-0.3, -0.25) is 0 Å². The van der Waals surface area contributed by atoms with E-state index in [1.165, 1.54) is 0 Å². The molecule has 0 fully saturated rings. The molecule has 0 saturated heterocycles. The van der Waals surface area contributed by atoms with Gasteiger partial charge in [-0.15, -0.1) is 0 Å². The molecule has 2 aromatic carbocycles. The minimum atomic E-state index is 0.107. The molecule has 0 aliphatic rings. The maximum absolute atomic E-state index is 9.62. The molecular weight excluding hydrogens is 532 g/mol. The molecule has 0 heterocycles. The molecule has 9 nitrogen and oxygen atoms in total. The van der Waals surface area contributed by atoms with Crippen LogP contribution in [0.1, 0.15) is 29.2 Å². The van der Waals surface area contributed by atoms with Gasteiger partial charge in [-0.2, -0.15) is 0 Å². The summed E-state index contributed by atoms with van der Waals surface area (Å²) in [6, 6.07) is 13.5. The van der Waals surface area contributed by atoms with E-state index in [9.17, 15) is 5.11 Å². The predicted molar refractivity (Wildman–Crippen MR) is 126 cm³/mol. The molecule has 0 aliphatic carbocycles. The van der Waals surface area contributed by atoms with Gasteiger partial charge in [0.15, 0.2) is 0 Å². The summed E-state index contributed by atoms with van der Waals surface area (Å²) < 4.78 is 54.9. The summed E-state index contributed by atoms with van der Waals surface area (Å²) in [5.74, 6) is 6.49. The Kier molecular flexibility index (Phi) is 35.1. The summed E-state index contributed by atoms with van der Waals surface area (Å²) in [5.41, 5.74) is 3.98. The monoisotopic (exact) mass is 558 g/mol. The Morgan fingerprint density at radius 3 is 1.89 bits per heavy atom. The van der Waals surface area contributed by atoms with Crippen LogP contribution in [-0.4, -0.2) is 29.7 Å². The molecule has 0 bridgehead atoms. The van der Waals surface area contributed by atoms with E-state index in [0.29, 0.717) is 24.4 Å². The Morgan fingerprint density at radius 2 is 1.39 bits per heavy atom. The number of hydrogen-bond acceptors (Lipinski definition) is 4. The van der Waals surface area contributed by atoms with Gasteiger partial charge in [0.05, 0.1) is 0 Å². The first-order valence-electron chi connectivity index (χ1n) is 10.1. The van der Waals surface area contributed by atoms with Crippen molar-refractivity contribution >= 4 is 4.57 Å². The van der Waals surface area contributed by atoms with E-state index in [1.54, 1.807) is 12.1 Å². The summed E-state index contributed by atoms with van der Waals surface area (Å²) in [6.45, 7) is 30.0. The Balaban J connectivity index is -0.000000517. The third-order valence-corrected chi connectivity index (χ3v) is 4.50. The van der Waals surface area contributed by atoms with Gasteiger partial charge in [-0.05, 0) is 0 Å². The first kappa shape index (κ1) is 41.9. The quantitative estimate of drug-likeness (QED) is 0.164. The van der Waals surface area contributed by atoms with Gasteiger partial charge in [-0.25, -0.2) is 0 Å². The van der Waals surface area contributed by atoms with Crippen LogP contribution in [0.15, 0.2) is 42.5 Å². The van der Waals surface area contributed by atoms with Crippen LogP contribution in [0.25, 0.3) is 0 Å². The van der Waals surface area contributed by atoms with E-state index in [-0.39, 0.29) is 18.5 Å². The number of hydrogen-bond donors (Lipinski definition) is 1. The fourth-order valence-corrected chi connectivity index (χ4v) is 3.29. The molecule has 0 aliphatic heterocycles. The van der Waals surface area contributed by atoms with Crippen LogP contribution in [0, 0.1) is 64.9 Å². The standard InChI is InChI=1S/C23H26O4.5CO.Cr/c1-18(14-26-15-21-9-5-4-6-10-21)8-7-11-25-17-27-16-23-19(2)12-22(24)13-20(23)3;5*1-2;/h4-6,9-10,12-13,18,24H,11,14-15,17H2,1-3H3;;;;;;. The van der Waals surface area contributed by atoms with Gasteiger partial charge >= 0.3 is 202 Å². The van der Waals surface area contributed by atoms with Crippen LogP contribution in [-0.2, 0) is 59.9 Å². The molecule has 0 saturated carbocycles. The second-order valence-electron chi connectivity index (χ2n) is 6.58. The molecule has 1 unspecified atom stereocenters. The van der Waals surface area contributed by atoms with Gasteiger partial charge in [0, 0.05) is 0 Å². The topological polar surface area (TPSA) is 147 Å². The molecule has 10 heteroatoms. The maximum atomic E-state index is 9.62. The molecule has 2 aromatic rings. The van der Waals surface area contributed by atoms with Crippen LogP contribution >= 0.6 is 0 Å². The number of phenols is 1. The third kappa shape index (κ3) is 20.9. The first-order valence-corrected chi connectivity index (χ1v) is 10.8. The molecule has 38 heavy (non-hydrogen) atoms. The Morgan fingerprint density at radius 1 is 0.895 bits per heavy atom. The molecule has 0 amide bonds. The number of phenolic OH excluding ortho intramolecular Hbond substituents is 1. The fourth-order valence-electron chi connectivity index (χ4n) is 2.71. The predicted octanol–water partition coefficient (Wildman–Crippen LogP) is 3.69. The molecule has 0 aromatic heterocycles. The number of aromatic hydroxyl groups is 1. The zero-order valence-corrected chi connectivity index (χ0v) is 22.3. The van der Waals surface area contributed by atoms with Crippen molar-refractivity contribution in [3.63, 3.8) is 0 Å². The van der Waals surface area contributed by atoms with Gasteiger partial charge in [0.2, 0.25) is 0 Å². The van der Waals surface area contributed by atoms with Crippen LogP contribution in [0.5, 0.6) is 5.75 Å². The van der Waals surface area contributed by atoms with Gasteiger partial charge in [0.25, 0.3) is 0 Å². The average molecular weight is 559 g/mol. The SMILES string of the molecule is Cc1cc(O)cc(C)c1[C](=[Cr])OCOCC#CC(C)COCc1ccccc1.[C-]#[O+].[C-]#[O+].[C-]#[O+].[C-]#[O+].[C-]#[O+]. The molecule has 198 valence electrons. The molecule has 1 atom stereocenters. The Labute approximate surface area is 231 Å². The molecule has 0 radical (unpaired) electrons. The van der Waals surface area contributed by atoms with Crippen LogP contribution in [0.4, 0.5) is 0 Å². The van der Waals surface area contributed by atoms with E-state index in [0.717, 1.165) is 22.3 Å². The molecular formula is C28H26CrO9. The second-order valence-corrected chi connectivity index (χ2v) is 7.15. The Bertz CT molecular complexity index is 1000. The number of rotatable bonds is 9. The molecule has 0 spiro atoms. The summed E-state index contributed by atoms with van der Waals surface area (Å²) in [6.07, 6.45) is 0. The van der Waals surface area contributed by atoms with E-state index < -0.39 is 0 Å². The molecule has 1 N–H and O–H groups in total. The van der Waals surface area contributed by atoms with Crippen molar-refractivity contribution in [2.45, 2.75) is 27.4 Å². The minimum absolute atomic E-state index is 0.107. The van der Waals surface area contributed by atoms with Gasteiger partial charge in [-0.1, -0.05) is 30.3 Å². The van der Waals surface area contributed by atoms with Crippen LogP contribution < -0.4 is 0 Å². The van der Waals surface area contributed by atoms with E-state index in [1.807, 2.05) is 51.1 Å². The van der Waals surface area contributed by atoms with Crippen LogP contribution in [0.3, 0.4) is 0 Å². The third-order valence-electron chi connectivity index (χ3n) is 4.00. The fraction of sp³-hybridized carbons (Fsp3) is 0.286. The van der Waals surface area contributed by atoms with Crippen molar-refractivity contribution in [2.24, 2.45) is 5.92 Å².